The Kier molecular flexibility index (Phi) is 5.07. The fourth-order valence-corrected chi connectivity index (χ4v) is 2.77. The van der Waals surface area contributed by atoms with Crippen LogP contribution in [0.2, 0.25) is 0 Å². The van der Waals surface area contributed by atoms with Gasteiger partial charge in [-0.3, -0.25) is 4.79 Å². The molecule has 0 radical (unpaired) electrons. The highest BCUT2D eigenvalue weighted by Crippen LogP contribution is 2.27. The summed E-state index contributed by atoms with van der Waals surface area (Å²) in [6, 6.07) is 14.2. The summed E-state index contributed by atoms with van der Waals surface area (Å²) in [5, 5.41) is 6.10. The summed E-state index contributed by atoms with van der Waals surface area (Å²) < 4.78 is 19.1. The molecule has 3 aromatic rings. The number of furan rings is 1. The monoisotopic (exact) mass is 352 g/mol. The van der Waals surface area contributed by atoms with Crippen molar-refractivity contribution < 1.29 is 13.6 Å². The van der Waals surface area contributed by atoms with Gasteiger partial charge in [-0.1, -0.05) is 6.07 Å². The molecular formula is C21H21FN2O2. The highest BCUT2D eigenvalue weighted by atomic mass is 19.1. The van der Waals surface area contributed by atoms with Gasteiger partial charge in [0.25, 0.3) is 0 Å². The number of nitrogens with one attached hydrogen (secondary N) is 2. The van der Waals surface area contributed by atoms with Crippen LogP contribution in [0.25, 0.3) is 11.3 Å². The first-order chi connectivity index (χ1) is 12.4. The number of anilines is 2. The van der Waals surface area contributed by atoms with Crippen molar-refractivity contribution in [3.63, 3.8) is 0 Å². The Hall–Kier alpha value is -3.08. The number of rotatable bonds is 5. The van der Waals surface area contributed by atoms with E-state index in [0.29, 0.717) is 12.3 Å². The van der Waals surface area contributed by atoms with Crippen LogP contribution in [0.15, 0.2) is 52.9 Å². The molecule has 0 spiro atoms. The number of carbonyl (C=O) groups excluding carboxylic acids is 1. The summed E-state index contributed by atoms with van der Waals surface area (Å²) in [6.45, 7) is 5.79. The molecule has 0 aliphatic rings. The minimum absolute atomic E-state index is 0.101. The first-order valence-corrected chi connectivity index (χ1v) is 8.40. The van der Waals surface area contributed by atoms with Crippen LogP contribution in [0, 0.1) is 19.7 Å². The molecule has 2 N–H and O–H groups in total. The van der Waals surface area contributed by atoms with Gasteiger partial charge in [0.2, 0.25) is 5.91 Å². The standard InChI is InChI=1S/C21H21FN2O2/c1-13-4-6-17(11-20(13)24-15(3)25)23-12-18-7-9-21(26-18)19-8-5-16(22)10-14(19)2/h4-11,23H,12H2,1-3H3,(H,24,25). The van der Waals surface area contributed by atoms with E-state index < -0.39 is 0 Å². The average Bonchev–Trinajstić information content (AvgIpc) is 3.04. The van der Waals surface area contributed by atoms with Gasteiger partial charge in [-0.2, -0.15) is 0 Å². The zero-order valence-electron chi connectivity index (χ0n) is 15.0. The molecular weight excluding hydrogens is 331 g/mol. The molecule has 0 aliphatic heterocycles. The lowest BCUT2D eigenvalue weighted by molar-refractivity contribution is -0.114. The Morgan fingerprint density at radius 1 is 1.04 bits per heavy atom. The van der Waals surface area contributed by atoms with E-state index in [-0.39, 0.29) is 11.7 Å². The average molecular weight is 352 g/mol. The van der Waals surface area contributed by atoms with E-state index in [9.17, 15) is 9.18 Å². The van der Waals surface area contributed by atoms with Gasteiger partial charge >= 0.3 is 0 Å². The van der Waals surface area contributed by atoms with Gasteiger partial charge in [-0.25, -0.2) is 4.39 Å². The van der Waals surface area contributed by atoms with Crippen LogP contribution in [0.4, 0.5) is 15.8 Å². The Balaban J connectivity index is 1.71. The largest absolute Gasteiger partial charge is 0.459 e. The zero-order valence-corrected chi connectivity index (χ0v) is 15.0. The zero-order chi connectivity index (χ0) is 18.7. The molecule has 0 unspecified atom stereocenters. The van der Waals surface area contributed by atoms with E-state index in [1.54, 1.807) is 6.07 Å². The Morgan fingerprint density at radius 3 is 2.58 bits per heavy atom. The maximum Gasteiger partial charge on any atom is 0.221 e. The van der Waals surface area contributed by atoms with Crippen LogP contribution >= 0.6 is 0 Å². The highest BCUT2D eigenvalue weighted by molar-refractivity contribution is 5.90. The van der Waals surface area contributed by atoms with Gasteiger partial charge < -0.3 is 15.1 Å². The molecule has 0 bridgehead atoms. The number of amides is 1. The van der Waals surface area contributed by atoms with Crippen molar-refractivity contribution in [2.75, 3.05) is 10.6 Å². The smallest absolute Gasteiger partial charge is 0.221 e. The van der Waals surface area contributed by atoms with E-state index in [1.165, 1.54) is 19.1 Å². The number of hydrogen-bond acceptors (Lipinski definition) is 3. The Labute approximate surface area is 152 Å². The van der Waals surface area contributed by atoms with Crippen LogP contribution in [0.5, 0.6) is 0 Å². The minimum atomic E-state index is -0.256. The highest BCUT2D eigenvalue weighted by Gasteiger charge is 2.09. The molecule has 3 rings (SSSR count). The molecule has 26 heavy (non-hydrogen) atoms. The van der Waals surface area contributed by atoms with Gasteiger partial charge in [-0.05, 0) is 67.4 Å². The van der Waals surface area contributed by atoms with E-state index >= 15 is 0 Å². The fourth-order valence-electron chi connectivity index (χ4n) is 2.77. The van der Waals surface area contributed by atoms with Gasteiger partial charge in [-0.15, -0.1) is 0 Å². The number of carbonyl (C=O) groups is 1. The van der Waals surface area contributed by atoms with Crippen molar-refractivity contribution in [1.82, 2.24) is 0 Å². The normalized spacial score (nSPS) is 10.6. The summed E-state index contributed by atoms with van der Waals surface area (Å²) >= 11 is 0. The quantitative estimate of drug-likeness (QED) is 0.657. The number of benzene rings is 2. The number of hydrogen-bond donors (Lipinski definition) is 2. The molecule has 1 aromatic heterocycles. The van der Waals surface area contributed by atoms with Crippen LogP contribution in [-0.2, 0) is 11.3 Å². The predicted molar refractivity (Wildman–Crippen MR) is 102 cm³/mol. The lowest BCUT2D eigenvalue weighted by Gasteiger charge is -2.10. The molecule has 1 amide bonds. The first-order valence-electron chi connectivity index (χ1n) is 8.40. The summed E-state index contributed by atoms with van der Waals surface area (Å²) in [7, 11) is 0. The Morgan fingerprint density at radius 2 is 1.85 bits per heavy atom. The molecule has 2 aromatic carbocycles. The van der Waals surface area contributed by atoms with Crippen molar-refractivity contribution in [2.24, 2.45) is 0 Å². The molecule has 5 heteroatoms. The third-order valence-electron chi connectivity index (χ3n) is 4.13. The van der Waals surface area contributed by atoms with Gasteiger partial charge in [0.15, 0.2) is 0 Å². The van der Waals surface area contributed by atoms with E-state index in [0.717, 1.165) is 33.8 Å². The first kappa shape index (κ1) is 17.7. The summed E-state index contributed by atoms with van der Waals surface area (Å²) in [5.74, 6) is 1.12. The van der Waals surface area contributed by atoms with Crippen LogP contribution in [-0.4, -0.2) is 5.91 Å². The van der Waals surface area contributed by atoms with Crippen molar-refractivity contribution in [3.8, 4) is 11.3 Å². The second-order valence-corrected chi connectivity index (χ2v) is 6.29. The van der Waals surface area contributed by atoms with Crippen molar-refractivity contribution in [3.05, 3.63) is 71.2 Å². The maximum absolute atomic E-state index is 13.3. The molecule has 0 saturated heterocycles. The molecule has 4 nitrogen and oxygen atoms in total. The van der Waals surface area contributed by atoms with Gasteiger partial charge in [0.05, 0.1) is 6.54 Å². The molecule has 0 atom stereocenters. The van der Waals surface area contributed by atoms with Crippen molar-refractivity contribution in [1.29, 1.82) is 0 Å². The summed E-state index contributed by atoms with van der Waals surface area (Å²) in [4.78, 5) is 11.3. The summed E-state index contributed by atoms with van der Waals surface area (Å²) in [6.07, 6.45) is 0. The van der Waals surface area contributed by atoms with Crippen LogP contribution < -0.4 is 10.6 Å². The molecule has 0 aliphatic carbocycles. The Bertz CT molecular complexity index is 947. The van der Waals surface area contributed by atoms with Crippen molar-refractivity contribution in [2.45, 2.75) is 27.3 Å². The number of halogens is 1. The minimum Gasteiger partial charge on any atom is -0.459 e. The molecule has 0 fully saturated rings. The van der Waals surface area contributed by atoms with Crippen molar-refractivity contribution >= 4 is 17.3 Å². The van der Waals surface area contributed by atoms with Crippen LogP contribution in [0.3, 0.4) is 0 Å². The topological polar surface area (TPSA) is 54.3 Å². The second-order valence-electron chi connectivity index (χ2n) is 6.29. The third-order valence-corrected chi connectivity index (χ3v) is 4.13. The van der Waals surface area contributed by atoms with E-state index in [1.807, 2.05) is 44.2 Å². The lowest BCUT2D eigenvalue weighted by Crippen LogP contribution is -2.08. The second kappa shape index (κ2) is 7.44. The molecule has 0 saturated carbocycles. The number of aryl methyl sites for hydroxylation is 2. The molecule has 1 heterocycles. The van der Waals surface area contributed by atoms with Gasteiger partial charge in [0.1, 0.15) is 17.3 Å². The fraction of sp³-hybridized carbons (Fsp3) is 0.190. The van der Waals surface area contributed by atoms with Gasteiger partial charge in [0, 0.05) is 23.9 Å². The summed E-state index contributed by atoms with van der Waals surface area (Å²) in [5.41, 5.74) is 4.37. The third kappa shape index (κ3) is 4.11. The van der Waals surface area contributed by atoms with E-state index in [2.05, 4.69) is 10.6 Å². The molecule has 134 valence electrons. The van der Waals surface area contributed by atoms with E-state index in [4.69, 9.17) is 4.42 Å². The predicted octanol–water partition coefficient (Wildman–Crippen LogP) is 5.27. The maximum atomic E-state index is 13.3. The SMILES string of the molecule is CC(=O)Nc1cc(NCc2ccc(-c3ccc(F)cc3C)o2)ccc1C. The van der Waals surface area contributed by atoms with Crippen LogP contribution in [0.1, 0.15) is 23.8 Å². The lowest BCUT2D eigenvalue weighted by atomic mass is 10.1.